The van der Waals surface area contributed by atoms with Crippen molar-refractivity contribution in [2.24, 2.45) is 11.7 Å². The molecule has 1 heterocycles. The zero-order valence-corrected chi connectivity index (χ0v) is 14.3. The van der Waals surface area contributed by atoms with Crippen LogP contribution >= 0.6 is 24.0 Å². The van der Waals surface area contributed by atoms with Crippen molar-refractivity contribution in [2.45, 2.75) is 13.8 Å². The number of nitrogens with zero attached hydrogens (tertiary/aromatic N) is 1. The van der Waals surface area contributed by atoms with Crippen molar-refractivity contribution < 1.29 is 13.7 Å². The monoisotopic (exact) mass is 361 g/mol. The number of aromatic nitrogens is 1. The zero-order valence-electron chi connectivity index (χ0n) is 12.7. The highest BCUT2D eigenvalue weighted by Gasteiger charge is 2.25. The Hall–Kier alpha value is -1.63. The summed E-state index contributed by atoms with van der Waals surface area (Å²) in [6, 6.07) is 4.27. The number of halogens is 3. The Morgan fingerprint density at radius 1 is 1.52 bits per heavy atom. The second-order valence-corrected chi connectivity index (χ2v) is 5.52. The van der Waals surface area contributed by atoms with E-state index in [4.69, 9.17) is 21.9 Å². The third kappa shape index (κ3) is 4.22. The van der Waals surface area contributed by atoms with Crippen LogP contribution in [0.15, 0.2) is 22.7 Å². The minimum Gasteiger partial charge on any atom is -0.360 e. The van der Waals surface area contributed by atoms with Crippen LogP contribution in [0.25, 0.3) is 11.3 Å². The summed E-state index contributed by atoms with van der Waals surface area (Å²) in [5.41, 5.74) is 5.84. The third-order valence-corrected chi connectivity index (χ3v) is 3.62. The van der Waals surface area contributed by atoms with Gasteiger partial charge in [0.25, 0.3) is 5.91 Å². The maximum absolute atomic E-state index is 14.0. The number of aryl methyl sites for hydroxylation is 1. The summed E-state index contributed by atoms with van der Waals surface area (Å²) in [7, 11) is 0. The molecule has 0 saturated carbocycles. The van der Waals surface area contributed by atoms with Gasteiger partial charge in [-0.2, -0.15) is 0 Å². The molecular weight excluding hydrogens is 344 g/mol. The number of hydrogen-bond acceptors (Lipinski definition) is 4. The van der Waals surface area contributed by atoms with E-state index in [0.717, 1.165) is 0 Å². The number of carbonyl (C=O) groups excluding carboxylic acids is 1. The van der Waals surface area contributed by atoms with Crippen molar-refractivity contribution in [3.8, 4) is 11.3 Å². The minimum absolute atomic E-state index is 0. The summed E-state index contributed by atoms with van der Waals surface area (Å²) in [4.78, 5) is 12.3. The van der Waals surface area contributed by atoms with Gasteiger partial charge in [0.2, 0.25) is 0 Å². The van der Waals surface area contributed by atoms with E-state index < -0.39 is 11.7 Å². The number of nitrogens with two attached hydrogens (primary N) is 1. The maximum Gasteiger partial charge on any atom is 0.257 e. The van der Waals surface area contributed by atoms with Crippen LogP contribution in [0.3, 0.4) is 0 Å². The molecule has 0 aliphatic rings. The van der Waals surface area contributed by atoms with Crippen LogP contribution in [-0.2, 0) is 0 Å². The van der Waals surface area contributed by atoms with E-state index in [1.165, 1.54) is 18.2 Å². The van der Waals surface area contributed by atoms with Gasteiger partial charge in [-0.05, 0) is 31.5 Å². The second-order valence-electron chi connectivity index (χ2n) is 5.11. The van der Waals surface area contributed by atoms with Crippen LogP contribution in [0.4, 0.5) is 4.39 Å². The Morgan fingerprint density at radius 2 is 2.22 bits per heavy atom. The van der Waals surface area contributed by atoms with Gasteiger partial charge < -0.3 is 15.6 Å². The maximum atomic E-state index is 14.0. The molecule has 1 aromatic heterocycles. The van der Waals surface area contributed by atoms with Crippen LogP contribution in [0.1, 0.15) is 23.0 Å². The first-order valence-electron chi connectivity index (χ1n) is 6.84. The van der Waals surface area contributed by atoms with E-state index in [0.29, 0.717) is 18.8 Å². The topological polar surface area (TPSA) is 81.2 Å². The molecule has 1 amide bonds. The summed E-state index contributed by atoms with van der Waals surface area (Å²) in [6.45, 7) is 4.36. The highest BCUT2D eigenvalue weighted by molar-refractivity contribution is 6.33. The Morgan fingerprint density at radius 3 is 2.83 bits per heavy atom. The average molecular weight is 362 g/mol. The van der Waals surface area contributed by atoms with Gasteiger partial charge in [-0.15, -0.1) is 12.4 Å². The molecule has 126 valence electrons. The molecule has 0 saturated heterocycles. The van der Waals surface area contributed by atoms with Crippen LogP contribution in [0.5, 0.6) is 0 Å². The lowest BCUT2D eigenvalue weighted by atomic mass is 10.0. The predicted molar refractivity (Wildman–Crippen MR) is 89.4 cm³/mol. The number of amides is 1. The van der Waals surface area contributed by atoms with Crippen LogP contribution in [-0.4, -0.2) is 24.2 Å². The van der Waals surface area contributed by atoms with E-state index in [2.05, 4.69) is 10.5 Å². The van der Waals surface area contributed by atoms with Crippen LogP contribution in [0.2, 0.25) is 5.02 Å². The molecule has 0 bridgehead atoms. The molecule has 0 aliphatic heterocycles. The summed E-state index contributed by atoms with van der Waals surface area (Å²) in [5.74, 6) is -0.532. The summed E-state index contributed by atoms with van der Waals surface area (Å²) < 4.78 is 19.1. The number of rotatable bonds is 5. The van der Waals surface area contributed by atoms with Crippen LogP contribution in [0, 0.1) is 18.7 Å². The molecule has 3 N–H and O–H groups in total. The molecule has 1 unspecified atom stereocenters. The fraction of sp³-hybridized carbons (Fsp3) is 0.333. The van der Waals surface area contributed by atoms with Crippen molar-refractivity contribution in [3.05, 3.63) is 40.4 Å². The van der Waals surface area contributed by atoms with Gasteiger partial charge in [0.1, 0.15) is 22.8 Å². The van der Waals surface area contributed by atoms with E-state index in [1.54, 1.807) is 6.92 Å². The third-order valence-electron chi connectivity index (χ3n) is 3.30. The van der Waals surface area contributed by atoms with Gasteiger partial charge in [-0.1, -0.05) is 29.7 Å². The molecular formula is C15H18Cl2FN3O2. The fourth-order valence-corrected chi connectivity index (χ4v) is 2.23. The van der Waals surface area contributed by atoms with E-state index in [-0.39, 0.29) is 40.2 Å². The normalized spacial score (nSPS) is 11.7. The number of hydrogen-bond donors (Lipinski definition) is 2. The Kier molecular flexibility index (Phi) is 7.00. The Bertz CT molecular complexity index is 671. The first kappa shape index (κ1) is 19.4. The first-order valence-corrected chi connectivity index (χ1v) is 7.22. The predicted octanol–water partition coefficient (Wildman–Crippen LogP) is 3.19. The van der Waals surface area contributed by atoms with Crippen molar-refractivity contribution in [2.75, 3.05) is 13.1 Å². The fourth-order valence-electron chi connectivity index (χ4n) is 1.97. The first-order chi connectivity index (χ1) is 10.5. The lowest BCUT2D eigenvalue weighted by Gasteiger charge is -2.10. The largest absolute Gasteiger partial charge is 0.360 e. The highest BCUT2D eigenvalue weighted by Crippen LogP contribution is 2.33. The molecule has 8 heteroatoms. The molecule has 5 nitrogen and oxygen atoms in total. The number of nitrogens with one attached hydrogen (secondary N) is 1. The zero-order chi connectivity index (χ0) is 16.3. The minimum atomic E-state index is -0.565. The van der Waals surface area contributed by atoms with E-state index >= 15 is 0 Å². The Labute approximate surface area is 144 Å². The molecule has 2 aromatic rings. The van der Waals surface area contributed by atoms with E-state index in [9.17, 15) is 9.18 Å². The van der Waals surface area contributed by atoms with Gasteiger partial charge in [0.05, 0.1) is 10.6 Å². The van der Waals surface area contributed by atoms with Gasteiger partial charge in [0.15, 0.2) is 0 Å². The molecule has 1 atom stereocenters. The second kappa shape index (κ2) is 8.29. The number of carbonyl (C=O) groups is 1. The van der Waals surface area contributed by atoms with Crippen LogP contribution < -0.4 is 11.1 Å². The molecule has 0 aliphatic carbocycles. The molecule has 0 spiro atoms. The average Bonchev–Trinajstić information content (AvgIpc) is 2.86. The van der Waals surface area contributed by atoms with Crippen molar-refractivity contribution in [3.63, 3.8) is 0 Å². The summed E-state index contributed by atoms with van der Waals surface area (Å²) >= 11 is 6.03. The number of benzene rings is 1. The standard InChI is InChI=1S/C15H17ClFN3O2.ClH/c1-8(6-18)7-19-15(21)12-9(2)22-20-14(12)13-10(16)4-3-5-11(13)17;/h3-5,8H,6-7,18H2,1-2H3,(H,19,21);1H. The van der Waals surface area contributed by atoms with Gasteiger partial charge >= 0.3 is 0 Å². The molecule has 2 rings (SSSR count). The summed E-state index contributed by atoms with van der Waals surface area (Å²) in [5, 5.41) is 6.70. The smallest absolute Gasteiger partial charge is 0.257 e. The molecule has 0 radical (unpaired) electrons. The molecule has 23 heavy (non-hydrogen) atoms. The van der Waals surface area contributed by atoms with Crippen molar-refractivity contribution in [1.82, 2.24) is 10.5 Å². The van der Waals surface area contributed by atoms with Gasteiger partial charge in [-0.3, -0.25) is 4.79 Å². The van der Waals surface area contributed by atoms with Gasteiger partial charge in [0, 0.05) is 6.54 Å². The quantitative estimate of drug-likeness (QED) is 0.856. The van der Waals surface area contributed by atoms with Crippen molar-refractivity contribution in [1.29, 1.82) is 0 Å². The SMILES string of the molecule is Cc1onc(-c2c(F)cccc2Cl)c1C(=O)NCC(C)CN.Cl. The highest BCUT2D eigenvalue weighted by atomic mass is 35.5. The van der Waals surface area contributed by atoms with E-state index in [1.807, 2.05) is 6.92 Å². The lowest BCUT2D eigenvalue weighted by Crippen LogP contribution is -2.31. The Balaban J connectivity index is 0.00000264. The molecule has 0 fully saturated rings. The molecule has 1 aromatic carbocycles. The van der Waals surface area contributed by atoms with Gasteiger partial charge in [-0.25, -0.2) is 4.39 Å². The lowest BCUT2D eigenvalue weighted by molar-refractivity contribution is 0.0947. The summed E-state index contributed by atoms with van der Waals surface area (Å²) in [6.07, 6.45) is 0. The van der Waals surface area contributed by atoms with Crippen molar-refractivity contribution >= 4 is 29.9 Å².